The second-order valence-electron chi connectivity index (χ2n) is 4.01. The van der Waals surface area contributed by atoms with Crippen LogP contribution in [0.3, 0.4) is 0 Å². The Kier molecular flexibility index (Phi) is 3.33. The maximum absolute atomic E-state index is 4.51. The third-order valence-corrected chi connectivity index (χ3v) is 3.18. The molecule has 0 saturated carbocycles. The van der Waals surface area contributed by atoms with Crippen molar-refractivity contribution in [3.8, 4) is 22.8 Å². The van der Waals surface area contributed by atoms with Crippen LogP contribution in [0.25, 0.3) is 22.8 Å². The molecule has 1 aromatic heterocycles. The fourth-order valence-electron chi connectivity index (χ4n) is 1.79. The standard InChI is InChI=1S/C15H10BrN3/c16-13-8-4-7-12(9-13)15-18-10-17-14(19-15)11-5-2-1-3-6-11/h1-10H. The van der Waals surface area contributed by atoms with Crippen LogP contribution in [0.1, 0.15) is 0 Å². The van der Waals surface area contributed by atoms with Crippen LogP contribution in [0.5, 0.6) is 0 Å². The van der Waals surface area contributed by atoms with E-state index >= 15 is 0 Å². The maximum atomic E-state index is 4.51. The Morgan fingerprint density at radius 2 is 1.42 bits per heavy atom. The normalized spacial score (nSPS) is 10.4. The Morgan fingerprint density at radius 1 is 0.737 bits per heavy atom. The van der Waals surface area contributed by atoms with Crippen LogP contribution in [0.4, 0.5) is 0 Å². The molecule has 0 N–H and O–H groups in total. The average molecular weight is 312 g/mol. The number of rotatable bonds is 2. The lowest BCUT2D eigenvalue weighted by Gasteiger charge is -2.03. The molecule has 0 bridgehead atoms. The molecule has 0 amide bonds. The van der Waals surface area contributed by atoms with Crippen molar-refractivity contribution in [3.05, 3.63) is 65.4 Å². The molecule has 1 heterocycles. The molecule has 3 rings (SSSR count). The predicted molar refractivity (Wildman–Crippen MR) is 78.4 cm³/mol. The Bertz CT molecular complexity index is 699. The summed E-state index contributed by atoms with van der Waals surface area (Å²) in [7, 11) is 0. The van der Waals surface area contributed by atoms with Gasteiger partial charge in [0.15, 0.2) is 11.6 Å². The highest BCUT2D eigenvalue weighted by molar-refractivity contribution is 9.10. The summed E-state index contributed by atoms with van der Waals surface area (Å²) in [6.07, 6.45) is 1.55. The molecule has 92 valence electrons. The number of hydrogen-bond donors (Lipinski definition) is 0. The maximum Gasteiger partial charge on any atom is 0.163 e. The van der Waals surface area contributed by atoms with E-state index in [4.69, 9.17) is 0 Å². The lowest BCUT2D eigenvalue weighted by atomic mass is 10.2. The van der Waals surface area contributed by atoms with E-state index in [-0.39, 0.29) is 0 Å². The Labute approximate surface area is 119 Å². The van der Waals surface area contributed by atoms with E-state index in [0.29, 0.717) is 11.6 Å². The third kappa shape index (κ3) is 2.69. The van der Waals surface area contributed by atoms with Crippen molar-refractivity contribution in [2.75, 3.05) is 0 Å². The van der Waals surface area contributed by atoms with E-state index in [1.54, 1.807) is 6.33 Å². The molecule has 0 radical (unpaired) electrons. The molecular weight excluding hydrogens is 302 g/mol. The zero-order valence-electron chi connectivity index (χ0n) is 9.99. The van der Waals surface area contributed by atoms with E-state index in [9.17, 15) is 0 Å². The van der Waals surface area contributed by atoms with E-state index in [1.807, 2.05) is 54.6 Å². The summed E-state index contributed by atoms with van der Waals surface area (Å²) in [6, 6.07) is 17.8. The number of hydrogen-bond acceptors (Lipinski definition) is 3. The second-order valence-corrected chi connectivity index (χ2v) is 4.92. The highest BCUT2D eigenvalue weighted by Gasteiger charge is 2.05. The molecule has 0 aliphatic carbocycles. The molecule has 3 aromatic rings. The lowest BCUT2D eigenvalue weighted by molar-refractivity contribution is 1.06. The van der Waals surface area contributed by atoms with Crippen LogP contribution in [0.15, 0.2) is 65.4 Å². The molecule has 0 fully saturated rings. The topological polar surface area (TPSA) is 38.7 Å². The van der Waals surface area contributed by atoms with Gasteiger partial charge in [-0.1, -0.05) is 58.4 Å². The largest absolute Gasteiger partial charge is 0.217 e. The first-order valence-electron chi connectivity index (χ1n) is 5.83. The number of benzene rings is 2. The minimum atomic E-state index is 0.676. The van der Waals surface area contributed by atoms with Crippen molar-refractivity contribution < 1.29 is 0 Å². The van der Waals surface area contributed by atoms with Gasteiger partial charge in [-0.2, -0.15) is 0 Å². The van der Waals surface area contributed by atoms with E-state index in [2.05, 4.69) is 30.9 Å². The summed E-state index contributed by atoms with van der Waals surface area (Å²) < 4.78 is 1.01. The Hall–Kier alpha value is -2.07. The average Bonchev–Trinajstić information content (AvgIpc) is 2.48. The first kappa shape index (κ1) is 12.0. The molecule has 0 atom stereocenters. The van der Waals surface area contributed by atoms with Gasteiger partial charge in [-0.3, -0.25) is 0 Å². The second kappa shape index (κ2) is 5.28. The molecular formula is C15H10BrN3. The van der Waals surface area contributed by atoms with E-state index < -0.39 is 0 Å². The van der Waals surface area contributed by atoms with Crippen molar-refractivity contribution in [3.63, 3.8) is 0 Å². The van der Waals surface area contributed by atoms with Gasteiger partial charge < -0.3 is 0 Å². The fraction of sp³-hybridized carbons (Fsp3) is 0. The van der Waals surface area contributed by atoms with Crippen LogP contribution in [-0.4, -0.2) is 15.0 Å². The summed E-state index contributed by atoms with van der Waals surface area (Å²) in [6.45, 7) is 0. The summed E-state index contributed by atoms with van der Waals surface area (Å²) in [5, 5.41) is 0. The fourth-order valence-corrected chi connectivity index (χ4v) is 2.19. The zero-order valence-corrected chi connectivity index (χ0v) is 11.6. The Morgan fingerprint density at radius 3 is 2.16 bits per heavy atom. The van der Waals surface area contributed by atoms with E-state index in [0.717, 1.165) is 15.6 Å². The molecule has 0 aliphatic heterocycles. The summed E-state index contributed by atoms with van der Waals surface area (Å²) in [5.74, 6) is 1.36. The van der Waals surface area contributed by atoms with Gasteiger partial charge in [-0.25, -0.2) is 15.0 Å². The van der Waals surface area contributed by atoms with Gasteiger partial charge in [0.2, 0.25) is 0 Å². The first-order valence-corrected chi connectivity index (χ1v) is 6.62. The molecule has 4 heteroatoms. The smallest absolute Gasteiger partial charge is 0.163 e. The third-order valence-electron chi connectivity index (χ3n) is 2.69. The summed E-state index contributed by atoms with van der Waals surface area (Å²) >= 11 is 3.45. The van der Waals surface area contributed by atoms with Crippen LogP contribution < -0.4 is 0 Å². The van der Waals surface area contributed by atoms with Crippen molar-refractivity contribution in [1.29, 1.82) is 0 Å². The molecule has 0 unspecified atom stereocenters. The molecule has 0 aliphatic rings. The van der Waals surface area contributed by atoms with Crippen LogP contribution in [0, 0.1) is 0 Å². The summed E-state index contributed by atoms with van der Waals surface area (Å²) in [4.78, 5) is 13.0. The number of nitrogens with zero attached hydrogens (tertiary/aromatic N) is 3. The first-order chi connectivity index (χ1) is 9.33. The lowest BCUT2D eigenvalue weighted by Crippen LogP contribution is -1.94. The molecule has 2 aromatic carbocycles. The minimum Gasteiger partial charge on any atom is -0.217 e. The highest BCUT2D eigenvalue weighted by Crippen LogP contribution is 2.21. The van der Waals surface area contributed by atoms with E-state index in [1.165, 1.54) is 0 Å². The zero-order chi connectivity index (χ0) is 13.1. The number of aromatic nitrogens is 3. The molecule has 19 heavy (non-hydrogen) atoms. The highest BCUT2D eigenvalue weighted by atomic mass is 79.9. The SMILES string of the molecule is Brc1cccc(-c2ncnc(-c3ccccc3)n2)c1. The van der Waals surface area contributed by atoms with Gasteiger partial charge in [0.25, 0.3) is 0 Å². The van der Waals surface area contributed by atoms with Crippen molar-refractivity contribution >= 4 is 15.9 Å². The van der Waals surface area contributed by atoms with Gasteiger partial charge in [0.05, 0.1) is 0 Å². The van der Waals surface area contributed by atoms with Crippen molar-refractivity contribution in [2.24, 2.45) is 0 Å². The monoisotopic (exact) mass is 311 g/mol. The predicted octanol–water partition coefficient (Wildman–Crippen LogP) is 3.97. The minimum absolute atomic E-state index is 0.676. The molecule has 0 saturated heterocycles. The van der Waals surface area contributed by atoms with Gasteiger partial charge in [-0.05, 0) is 12.1 Å². The van der Waals surface area contributed by atoms with Crippen molar-refractivity contribution in [2.45, 2.75) is 0 Å². The molecule has 3 nitrogen and oxygen atoms in total. The van der Waals surface area contributed by atoms with Gasteiger partial charge in [0, 0.05) is 15.6 Å². The summed E-state index contributed by atoms with van der Waals surface area (Å²) in [5.41, 5.74) is 1.95. The van der Waals surface area contributed by atoms with Crippen LogP contribution >= 0.6 is 15.9 Å². The van der Waals surface area contributed by atoms with Gasteiger partial charge >= 0.3 is 0 Å². The molecule has 0 spiro atoms. The quantitative estimate of drug-likeness (QED) is 0.719. The number of halogens is 1. The van der Waals surface area contributed by atoms with Crippen LogP contribution in [0.2, 0.25) is 0 Å². The van der Waals surface area contributed by atoms with Crippen molar-refractivity contribution in [1.82, 2.24) is 15.0 Å². The van der Waals surface area contributed by atoms with Gasteiger partial charge in [0.1, 0.15) is 6.33 Å². The van der Waals surface area contributed by atoms with Gasteiger partial charge in [-0.15, -0.1) is 0 Å². The van der Waals surface area contributed by atoms with Crippen LogP contribution in [-0.2, 0) is 0 Å². The Balaban J connectivity index is 2.06.